The van der Waals surface area contributed by atoms with E-state index in [0.717, 1.165) is 30.5 Å². The van der Waals surface area contributed by atoms with E-state index in [-0.39, 0.29) is 0 Å². The third-order valence-corrected chi connectivity index (χ3v) is 3.30. The Labute approximate surface area is 106 Å². The van der Waals surface area contributed by atoms with E-state index >= 15 is 0 Å². The lowest BCUT2D eigenvalue weighted by molar-refractivity contribution is 0.573. The van der Waals surface area contributed by atoms with Crippen LogP contribution in [-0.4, -0.2) is 34.3 Å². The highest BCUT2D eigenvalue weighted by atomic mass is 15.2. The molecule has 2 heterocycles. The predicted octanol–water partition coefficient (Wildman–Crippen LogP) is 1.58. The number of hydrogen-bond acceptors (Lipinski definition) is 5. The summed E-state index contributed by atoms with van der Waals surface area (Å²) < 4.78 is 0. The van der Waals surface area contributed by atoms with Gasteiger partial charge >= 0.3 is 0 Å². The van der Waals surface area contributed by atoms with Gasteiger partial charge in [0.1, 0.15) is 5.52 Å². The summed E-state index contributed by atoms with van der Waals surface area (Å²) >= 11 is 0. The molecule has 0 saturated carbocycles. The Morgan fingerprint density at radius 3 is 2.94 bits per heavy atom. The number of hydrogen-bond donors (Lipinski definition) is 2. The number of aromatic nitrogens is 3. The van der Waals surface area contributed by atoms with Crippen LogP contribution >= 0.6 is 0 Å². The first-order valence-corrected chi connectivity index (χ1v) is 6.48. The zero-order valence-electron chi connectivity index (χ0n) is 10.3. The van der Waals surface area contributed by atoms with Crippen LogP contribution in [0.4, 0.5) is 5.95 Å². The van der Waals surface area contributed by atoms with Crippen molar-refractivity contribution in [1.29, 1.82) is 0 Å². The molecule has 0 spiro atoms. The summed E-state index contributed by atoms with van der Waals surface area (Å²) in [5.74, 6) is 0.617. The van der Waals surface area contributed by atoms with Crippen molar-refractivity contribution < 1.29 is 0 Å². The van der Waals surface area contributed by atoms with Crippen LogP contribution in [0.15, 0.2) is 24.3 Å². The van der Waals surface area contributed by atoms with E-state index in [1.165, 1.54) is 12.8 Å². The Morgan fingerprint density at radius 1 is 1.22 bits per heavy atom. The lowest BCUT2D eigenvalue weighted by Crippen LogP contribution is -2.24. The van der Waals surface area contributed by atoms with Crippen molar-refractivity contribution in [1.82, 2.24) is 20.5 Å². The van der Waals surface area contributed by atoms with Crippen LogP contribution < -0.4 is 10.6 Å². The SMILES string of the molecule is c1ccc2nc(NCC[C@H]3CCCN3)nnc2c1. The van der Waals surface area contributed by atoms with Crippen LogP contribution in [0.3, 0.4) is 0 Å². The molecule has 5 heteroatoms. The number of nitrogens with one attached hydrogen (secondary N) is 2. The summed E-state index contributed by atoms with van der Waals surface area (Å²) in [5, 5.41) is 14.9. The van der Waals surface area contributed by atoms with E-state index in [0.29, 0.717) is 12.0 Å². The quantitative estimate of drug-likeness (QED) is 0.853. The van der Waals surface area contributed by atoms with Crippen molar-refractivity contribution in [2.45, 2.75) is 25.3 Å². The standard InChI is InChI=1S/C13H17N5/c1-2-6-12-11(5-1)16-13(18-17-12)15-9-7-10-4-3-8-14-10/h1-2,5-6,10,14H,3-4,7-9H2,(H,15,16,18)/t10-/m1/s1. The van der Waals surface area contributed by atoms with Gasteiger partial charge in [0.15, 0.2) is 0 Å². The molecule has 0 aliphatic carbocycles. The molecule has 5 nitrogen and oxygen atoms in total. The minimum Gasteiger partial charge on any atom is -0.353 e. The number of anilines is 1. The van der Waals surface area contributed by atoms with E-state index < -0.39 is 0 Å². The van der Waals surface area contributed by atoms with Crippen molar-refractivity contribution in [2.24, 2.45) is 0 Å². The van der Waals surface area contributed by atoms with Gasteiger partial charge in [-0.3, -0.25) is 0 Å². The highest BCUT2D eigenvalue weighted by Gasteiger charge is 2.13. The van der Waals surface area contributed by atoms with Gasteiger partial charge in [-0.2, -0.15) is 0 Å². The Kier molecular flexibility index (Phi) is 3.32. The molecule has 1 fully saturated rings. The second kappa shape index (κ2) is 5.27. The summed E-state index contributed by atoms with van der Waals surface area (Å²) in [6, 6.07) is 8.42. The summed E-state index contributed by atoms with van der Waals surface area (Å²) in [6.45, 7) is 2.04. The maximum absolute atomic E-state index is 4.43. The van der Waals surface area contributed by atoms with Gasteiger partial charge < -0.3 is 10.6 Å². The lowest BCUT2D eigenvalue weighted by Gasteiger charge is -2.10. The minimum absolute atomic E-state index is 0.617. The van der Waals surface area contributed by atoms with E-state index in [1.807, 2.05) is 24.3 Å². The van der Waals surface area contributed by atoms with Crippen molar-refractivity contribution >= 4 is 17.0 Å². The Bertz CT molecular complexity index is 522. The summed E-state index contributed by atoms with van der Waals surface area (Å²) in [4.78, 5) is 4.43. The summed E-state index contributed by atoms with van der Waals surface area (Å²) in [6.07, 6.45) is 3.67. The first-order chi connectivity index (χ1) is 8.92. The van der Waals surface area contributed by atoms with Crippen LogP contribution in [0.2, 0.25) is 0 Å². The molecule has 2 aromatic rings. The van der Waals surface area contributed by atoms with E-state index in [9.17, 15) is 0 Å². The summed E-state index contributed by atoms with van der Waals surface area (Å²) in [7, 11) is 0. The topological polar surface area (TPSA) is 62.7 Å². The second-order valence-corrected chi connectivity index (χ2v) is 4.63. The lowest BCUT2D eigenvalue weighted by atomic mass is 10.1. The van der Waals surface area contributed by atoms with Gasteiger partial charge in [-0.1, -0.05) is 12.1 Å². The molecule has 0 unspecified atom stereocenters. The zero-order valence-corrected chi connectivity index (χ0v) is 10.3. The first-order valence-electron chi connectivity index (χ1n) is 6.48. The third-order valence-electron chi connectivity index (χ3n) is 3.30. The minimum atomic E-state index is 0.617. The van der Waals surface area contributed by atoms with Crippen LogP contribution in [0.5, 0.6) is 0 Å². The van der Waals surface area contributed by atoms with Crippen molar-refractivity contribution in [3.8, 4) is 0 Å². The fourth-order valence-corrected chi connectivity index (χ4v) is 2.32. The van der Waals surface area contributed by atoms with Crippen molar-refractivity contribution in [3.63, 3.8) is 0 Å². The monoisotopic (exact) mass is 243 g/mol. The molecule has 0 radical (unpaired) electrons. The molecular formula is C13H17N5. The predicted molar refractivity (Wildman–Crippen MR) is 71.5 cm³/mol. The molecule has 1 aromatic carbocycles. The number of benzene rings is 1. The van der Waals surface area contributed by atoms with Crippen LogP contribution in [0.1, 0.15) is 19.3 Å². The average molecular weight is 243 g/mol. The smallest absolute Gasteiger partial charge is 0.243 e. The van der Waals surface area contributed by atoms with Gasteiger partial charge in [-0.25, -0.2) is 4.98 Å². The maximum Gasteiger partial charge on any atom is 0.243 e. The molecule has 1 saturated heterocycles. The largest absolute Gasteiger partial charge is 0.353 e. The fourth-order valence-electron chi connectivity index (χ4n) is 2.32. The highest BCUT2D eigenvalue weighted by Crippen LogP contribution is 2.10. The van der Waals surface area contributed by atoms with Gasteiger partial charge in [-0.05, 0) is 37.9 Å². The molecule has 3 rings (SSSR count). The molecule has 2 N–H and O–H groups in total. The Balaban J connectivity index is 1.60. The zero-order chi connectivity index (χ0) is 12.2. The molecule has 0 amide bonds. The Hall–Kier alpha value is -1.75. The number of fused-ring (bicyclic) bond motifs is 1. The van der Waals surface area contributed by atoms with Gasteiger partial charge in [-0.15, -0.1) is 10.2 Å². The van der Waals surface area contributed by atoms with Gasteiger partial charge in [0.25, 0.3) is 0 Å². The number of nitrogens with zero attached hydrogens (tertiary/aromatic N) is 3. The van der Waals surface area contributed by atoms with Crippen molar-refractivity contribution in [3.05, 3.63) is 24.3 Å². The van der Waals surface area contributed by atoms with E-state index in [1.54, 1.807) is 0 Å². The number of rotatable bonds is 4. The fraction of sp³-hybridized carbons (Fsp3) is 0.462. The molecule has 0 bridgehead atoms. The average Bonchev–Trinajstić information content (AvgIpc) is 2.92. The maximum atomic E-state index is 4.43. The molecule has 1 aromatic heterocycles. The summed E-state index contributed by atoms with van der Waals surface area (Å²) in [5.41, 5.74) is 1.72. The molecule has 1 atom stereocenters. The van der Waals surface area contributed by atoms with E-state index in [2.05, 4.69) is 25.8 Å². The molecule has 94 valence electrons. The molecule has 1 aliphatic heterocycles. The van der Waals surface area contributed by atoms with E-state index in [4.69, 9.17) is 0 Å². The van der Waals surface area contributed by atoms with Crippen LogP contribution in [0, 0.1) is 0 Å². The van der Waals surface area contributed by atoms with Crippen LogP contribution in [-0.2, 0) is 0 Å². The van der Waals surface area contributed by atoms with Crippen molar-refractivity contribution in [2.75, 3.05) is 18.4 Å². The van der Waals surface area contributed by atoms with Gasteiger partial charge in [0.05, 0.1) is 5.52 Å². The second-order valence-electron chi connectivity index (χ2n) is 4.63. The highest BCUT2D eigenvalue weighted by molar-refractivity contribution is 5.73. The molecular weight excluding hydrogens is 226 g/mol. The van der Waals surface area contributed by atoms with Crippen LogP contribution in [0.25, 0.3) is 11.0 Å². The molecule has 18 heavy (non-hydrogen) atoms. The first kappa shape index (κ1) is 11.3. The Morgan fingerprint density at radius 2 is 2.11 bits per heavy atom. The molecule has 1 aliphatic rings. The third kappa shape index (κ3) is 2.56. The normalized spacial score (nSPS) is 19.2. The van der Waals surface area contributed by atoms with Gasteiger partial charge in [0, 0.05) is 12.6 Å². The number of para-hydroxylation sites is 1. The van der Waals surface area contributed by atoms with Gasteiger partial charge in [0.2, 0.25) is 5.95 Å².